The lowest BCUT2D eigenvalue weighted by Gasteiger charge is -2.01. The molecule has 3 aromatic carbocycles. The maximum absolute atomic E-state index is 5.69. The van der Waals surface area contributed by atoms with Crippen molar-refractivity contribution >= 4 is 32.0 Å². The van der Waals surface area contributed by atoms with Gasteiger partial charge in [0.15, 0.2) is 0 Å². The molecular formula is C22H16N2OSi. The molecule has 0 bridgehead atoms. The topological polar surface area (TPSA) is 38.9 Å². The Balaban J connectivity index is 1.43. The zero-order valence-electron chi connectivity index (χ0n) is 14.0. The third-order valence-electron chi connectivity index (χ3n) is 3.85. The minimum atomic E-state index is 0.499. The van der Waals surface area contributed by atoms with Crippen LogP contribution in [0.15, 0.2) is 89.3 Å². The van der Waals surface area contributed by atoms with E-state index in [1.807, 2.05) is 48.6 Å². The molecule has 1 aromatic heterocycles. The van der Waals surface area contributed by atoms with Crippen molar-refractivity contribution in [3.8, 4) is 11.5 Å². The zero-order valence-corrected chi connectivity index (χ0v) is 15.0. The third-order valence-corrected chi connectivity index (χ3v) is 5.10. The minimum absolute atomic E-state index is 0.499. The molecule has 3 nitrogen and oxygen atoms in total. The normalized spacial score (nSPS) is 11.1. The van der Waals surface area contributed by atoms with Crippen molar-refractivity contribution in [3.63, 3.8) is 0 Å². The van der Waals surface area contributed by atoms with E-state index in [1.54, 1.807) is 0 Å². The van der Waals surface area contributed by atoms with Gasteiger partial charge >= 0.3 is 0 Å². The molecule has 0 fully saturated rings. The van der Waals surface area contributed by atoms with E-state index in [0.717, 1.165) is 11.1 Å². The van der Waals surface area contributed by atoms with E-state index in [9.17, 15) is 0 Å². The van der Waals surface area contributed by atoms with Crippen molar-refractivity contribution in [2.24, 2.45) is 0 Å². The quantitative estimate of drug-likeness (QED) is 0.516. The van der Waals surface area contributed by atoms with Gasteiger partial charge in [0.25, 0.3) is 0 Å². The standard InChI is InChI=1S/C22H16N2OSi/c1-3-7-18(8-4-1)22-24-23-21(25-22)16-13-17-11-14-20(15-12-17)26-19-9-5-2-6-10-19/h1-16H. The van der Waals surface area contributed by atoms with Gasteiger partial charge in [0.1, 0.15) is 9.52 Å². The lowest BCUT2D eigenvalue weighted by molar-refractivity contribution is 0.558. The third kappa shape index (κ3) is 4.04. The van der Waals surface area contributed by atoms with E-state index in [1.165, 1.54) is 10.4 Å². The highest BCUT2D eigenvalue weighted by Gasteiger charge is 2.05. The Labute approximate surface area is 154 Å². The molecule has 1 heterocycles. The summed E-state index contributed by atoms with van der Waals surface area (Å²) in [5, 5.41) is 10.8. The van der Waals surface area contributed by atoms with Crippen LogP contribution in [0.2, 0.25) is 0 Å². The molecule has 2 radical (unpaired) electrons. The van der Waals surface area contributed by atoms with E-state index < -0.39 is 0 Å². The molecule has 0 aliphatic heterocycles. The summed E-state index contributed by atoms with van der Waals surface area (Å²) >= 11 is 0. The summed E-state index contributed by atoms with van der Waals surface area (Å²) in [7, 11) is 0.670. The fourth-order valence-electron chi connectivity index (χ4n) is 2.53. The monoisotopic (exact) mass is 352 g/mol. The lowest BCUT2D eigenvalue weighted by atomic mass is 10.2. The number of hydrogen-bond acceptors (Lipinski definition) is 3. The number of aromatic nitrogens is 2. The van der Waals surface area contributed by atoms with Crippen molar-refractivity contribution < 1.29 is 4.42 Å². The molecule has 26 heavy (non-hydrogen) atoms. The highest BCUT2D eigenvalue weighted by molar-refractivity contribution is 6.67. The predicted molar refractivity (Wildman–Crippen MR) is 107 cm³/mol. The fraction of sp³-hybridized carbons (Fsp3) is 0. The molecule has 4 aromatic rings. The maximum atomic E-state index is 5.69. The summed E-state index contributed by atoms with van der Waals surface area (Å²) in [6.07, 6.45) is 3.83. The van der Waals surface area contributed by atoms with Crippen molar-refractivity contribution in [1.29, 1.82) is 0 Å². The van der Waals surface area contributed by atoms with Gasteiger partial charge in [-0.25, -0.2) is 0 Å². The fourth-order valence-corrected chi connectivity index (χ4v) is 3.56. The van der Waals surface area contributed by atoms with Gasteiger partial charge in [-0.15, -0.1) is 10.2 Å². The molecule has 124 valence electrons. The van der Waals surface area contributed by atoms with E-state index in [2.05, 4.69) is 58.7 Å². The number of hydrogen-bond donors (Lipinski definition) is 0. The summed E-state index contributed by atoms with van der Waals surface area (Å²) in [4.78, 5) is 0. The summed E-state index contributed by atoms with van der Waals surface area (Å²) in [5.74, 6) is 1.03. The largest absolute Gasteiger partial charge is 0.417 e. The predicted octanol–water partition coefficient (Wildman–Crippen LogP) is 3.56. The molecule has 0 atom stereocenters. The van der Waals surface area contributed by atoms with Gasteiger partial charge in [-0.1, -0.05) is 83.2 Å². The molecule has 0 saturated carbocycles. The Hall–Kier alpha value is -3.24. The SMILES string of the molecule is C(=Cc1nnc(-c2ccccc2)o1)c1ccc([Si]c2ccccc2)cc1. The molecular weight excluding hydrogens is 336 g/mol. The van der Waals surface area contributed by atoms with Gasteiger partial charge in [-0.2, -0.15) is 0 Å². The number of benzene rings is 3. The van der Waals surface area contributed by atoms with Crippen molar-refractivity contribution in [1.82, 2.24) is 10.2 Å². The molecule has 0 N–H and O–H groups in total. The number of nitrogens with zero attached hydrogens (tertiary/aromatic N) is 2. The molecule has 0 spiro atoms. The first-order valence-electron chi connectivity index (χ1n) is 8.36. The summed E-state index contributed by atoms with van der Waals surface area (Å²) in [5.41, 5.74) is 2.02. The Morgan fingerprint density at radius 2 is 1.31 bits per heavy atom. The lowest BCUT2D eigenvalue weighted by Crippen LogP contribution is -2.26. The van der Waals surface area contributed by atoms with Gasteiger partial charge in [-0.05, 0) is 23.8 Å². The second-order valence-electron chi connectivity index (χ2n) is 5.76. The Morgan fingerprint density at radius 1 is 0.654 bits per heavy atom. The summed E-state index contributed by atoms with van der Waals surface area (Å²) in [6, 6.07) is 28.8. The zero-order chi connectivity index (χ0) is 17.6. The smallest absolute Gasteiger partial charge is 0.248 e. The first-order chi connectivity index (χ1) is 12.9. The van der Waals surface area contributed by atoms with Gasteiger partial charge in [0.05, 0.1) is 0 Å². The van der Waals surface area contributed by atoms with E-state index in [0.29, 0.717) is 21.3 Å². The van der Waals surface area contributed by atoms with Crippen molar-refractivity contribution in [3.05, 3.63) is 96.4 Å². The van der Waals surface area contributed by atoms with Crippen LogP contribution in [-0.2, 0) is 0 Å². The van der Waals surface area contributed by atoms with Crippen molar-refractivity contribution in [2.75, 3.05) is 0 Å². The summed E-state index contributed by atoms with van der Waals surface area (Å²) < 4.78 is 5.69. The molecule has 0 saturated heterocycles. The van der Waals surface area contributed by atoms with Crippen LogP contribution in [-0.4, -0.2) is 19.7 Å². The average Bonchev–Trinajstić information content (AvgIpc) is 3.18. The van der Waals surface area contributed by atoms with Crippen LogP contribution >= 0.6 is 0 Å². The summed E-state index contributed by atoms with van der Waals surface area (Å²) in [6.45, 7) is 0. The first-order valence-corrected chi connectivity index (χ1v) is 9.36. The van der Waals surface area contributed by atoms with Crippen LogP contribution in [0.25, 0.3) is 23.6 Å². The van der Waals surface area contributed by atoms with Gasteiger partial charge in [-0.3, -0.25) is 0 Å². The molecule has 4 heteroatoms. The van der Waals surface area contributed by atoms with Crippen LogP contribution in [0.3, 0.4) is 0 Å². The molecule has 4 rings (SSSR count). The Morgan fingerprint density at radius 3 is 2.04 bits per heavy atom. The number of rotatable bonds is 5. The van der Waals surface area contributed by atoms with Crippen LogP contribution in [0.5, 0.6) is 0 Å². The van der Waals surface area contributed by atoms with Gasteiger partial charge in [0, 0.05) is 11.6 Å². The van der Waals surface area contributed by atoms with Crippen LogP contribution in [0, 0.1) is 0 Å². The molecule has 0 unspecified atom stereocenters. The Kier molecular flexibility index (Phi) is 4.85. The van der Waals surface area contributed by atoms with E-state index in [-0.39, 0.29) is 0 Å². The van der Waals surface area contributed by atoms with Crippen LogP contribution in [0.4, 0.5) is 0 Å². The highest BCUT2D eigenvalue weighted by atomic mass is 28.2. The highest BCUT2D eigenvalue weighted by Crippen LogP contribution is 2.17. The van der Waals surface area contributed by atoms with Crippen molar-refractivity contribution in [2.45, 2.75) is 0 Å². The second kappa shape index (κ2) is 7.76. The van der Waals surface area contributed by atoms with Gasteiger partial charge in [0.2, 0.25) is 11.8 Å². The van der Waals surface area contributed by atoms with E-state index in [4.69, 9.17) is 4.42 Å². The molecule has 0 aliphatic carbocycles. The minimum Gasteiger partial charge on any atom is -0.417 e. The average molecular weight is 352 g/mol. The first kappa shape index (κ1) is 16.2. The maximum Gasteiger partial charge on any atom is 0.248 e. The van der Waals surface area contributed by atoms with Crippen LogP contribution < -0.4 is 10.4 Å². The van der Waals surface area contributed by atoms with Crippen LogP contribution in [0.1, 0.15) is 11.5 Å². The van der Waals surface area contributed by atoms with Gasteiger partial charge < -0.3 is 4.42 Å². The second-order valence-corrected chi connectivity index (χ2v) is 7.16. The van der Waals surface area contributed by atoms with E-state index >= 15 is 0 Å². The Bertz CT molecular complexity index is 993. The molecule has 0 amide bonds. The molecule has 0 aliphatic rings.